The lowest BCUT2D eigenvalue weighted by atomic mass is 9.92. The molecule has 0 spiro atoms. The number of hydrogen-bond donors (Lipinski definition) is 1. The van der Waals surface area contributed by atoms with E-state index in [2.05, 4.69) is 0 Å². The van der Waals surface area contributed by atoms with Crippen molar-refractivity contribution < 1.29 is 19.4 Å². The average molecular weight is 220 g/mol. The van der Waals surface area contributed by atoms with Crippen LogP contribution in [0, 0.1) is 0 Å². The van der Waals surface area contributed by atoms with Crippen LogP contribution in [0.25, 0.3) is 0 Å². The standard InChI is InChI=1S/C12H12O4/c13-10-6-7-12(16-10,11(14)15)8-9-4-2-1-3-5-9/h1-5H,6-8H2,(H,14,15)/t12-/m1/s1. The van der Waals surface area contributed by atoms with Gasteiger partial charge in [0, 0.05) is 19.3 Å². The van der Waals surface area contributed by atoms with Gasteiger partial charge in [-0.2, -0.15) is 0 Å². The fourth-order valence-corrected chi connectivity index (χ4v) is 1.90. The summed E-state index contributed by atoms with van der Waals surface area (Å²) >= 11 is 0. The summed E-state index contributed by atoms with van der Waals surface area (Å²) in [4.78, 5) is 22.3. The van der Waals surface area contributed by atoms with Crippen LogP contribution >= 0.6 is 0 Å². The van der Waals surface area contributed by atoms with E-state index in [9.17, 15) is 9.59 Å². The number of aliphatic carboxylic acids is 1. The van der Waals surface area contributed by atoms with Crippen LogP contribution in [0.5, 0.6) is 0 Å². The molecule has 0 aliphatic carbocycles. The van der Waals surface area contributed by atoms with Crippen LogP contribution in [0.15, 0.2) is 30.3 Å². The van der Waals surface area contributed by atoms with Gasteiger partial charge < -0.3 is 9.84 Å². The second kappa shape index (κ2) is 3.96. The van der Waals surface area contributed by atoms with Crippen molar-refractivity contribution in [2.45, 2.75) is 24.9 Å². The maximum absolute atomic E-state index is 11.2. The van der Waals surface area contributed by atoms with Gasteiger partial charge in [-0.3, -0.25) is 4.79 Å². The van der Waals surface area contributed by atoms with Crippen molar-refractivity contribution in [3.05, 3.63) is 35.9 Å². The number of carbonyl (C=O) groups is 2. The molecule has 1 aliphatic heterocycles. The molecule has 84 valence electrons. The Morgan fingerprint density at radius 1 is 1.38 bits per heavy atom. The molecular formula is C12H12O4. The minimum atomic E-state index is -1.36. The largest absolute Gasteiger partial charge is 0.478 e. The molecule has 4 heteroatoms. The molecule has 0 saturated carbocycles. The molecule has 1 aromatic rings. The number of carbonyl (C=O) groups excluding carboxylic acids is 1. The molecule has 1 heterocycles. The van der Waals surface area contributed by atoms with E-state index >= 15 is 0 Å². The third-order valence-electron chi connectivity index (χ3n) is 2.76. The molecule has 0 radical (unpaired) electrons. The maximum atomic E-state index is 11.2. The van der Waals surface area contributed by atoms with Gasteiger partial charge in [0.05, 0.1) is 0 Å². The highest BCUT2D eigenvalue weighted by molar-refractivity contribution is 5.85. The van der Waals surface area contributed by atoms with E-state index < -0.39 is 17.5 Å². The lowest BCUT2D eigenvalue weighted by molar-refractivity contribution is -0.169. The molecular weight excluding hydrogens is 208 g/mol. The Morgan fingerprint density at radius 2 is 2.06 bits per heavy atom. The SMILES string of the molecule is O=C1CC[C@@](Cc2ccccc2)(C(=O)O)O1. The second-order valence-corrected chi connectivity index (χ2v) is 3.94. The van der Waals surface area contributed by atoms with Crippen LogP contribution in [-0.2, 0) is 20.7 Å². The molecule has 4 nitrogen and oxygen atoms in total. The molecule has 1 fully saturated rings. The van der Waals surface area contributed by atoms with Crippen LogP contribution in [0.3, 0.4) is 0 Å². The fourth-order valence-electron chi connectivity index (χ4n) is 1.90. The van der Waals surface area contributed by atoms with E-state index in [0.717, 1.165) is 5.56 Å². The van der Waals surface area contributed by atoms with Crippen LogP contribution in [0.2, 0.25) is 0 Å². The number of rotatable bonds is 3. The summed E-state index contributed by atoms with van der Waals surface area (Å²) in [5, 5.41) is 9.17. The second-order valence-electron chi connectivity index (χ2n) is 3.94. The Bertz CT molecular complexity index is 412. The minimum absolute atomic E-state index is 0.180. The summed E-state index contributed by atoms with van der Waals surface area (Å²) < 4.78 is 4.98. The summed E-state index contributed by atoms with van der Waals surface area (Å²) in [6.07, 6.45) is 0.657. The molecule has 0 aromatic heterocycles. The van der Waals surface area contributed by atoms with Crippen molar-refractivity contribution in [3.8, 4) is 0 Å². The third kappa shape index (κ3) is 1.91. The van der Waals surface area contributed by atoms with Gasteiger partial charge >= 0.3 is 11.9 Å². The topological polar surface area (TPSA) is 63.6 Å². The highest BCUT2D eigenvalue weighted by Gasteiger charge is 2.47. The van der Waals surface area contributed by atoms with Gasteiger partial charge in [-0.25, -0.2) is 4.79 Å². The summed E-state index contributed by atoms with van der Waals surface area (Å²) in [5.74, 6) is -1.50. The van der Waals surface area contributed by atoms with E-state index in [4.69, 9.17) is 9.84 Å². The van der Waals surface area contributed by atoms with Crippen molar-refractivity contribution >= 4 is 11.9 Å². The molecule has 2 rings (SSSR count). The normalized spacial score (nSPS) is 24.1. The molecule has 1 atom stereocenters. The van der Waals surface area contributed by atoms with Crippen molar-refractivity contribution in [2.75, 3.05) is 0 Å². The molecule has 16 heavy (non-hydrogen) atoms. The predicted molar refractivity (Wildman–Crippen MR) is 55.8 cm³/mol. The molecule has 0 bridgehead atoms. The number of benzene rings is 1. The Balaban J connectivity index is 2.22. The molecule has 1 saturated heterocycles. The number of carboxylic acids is 1. The van der Waals surface area contributed by atoms with Crippen molar-refractivity contribution in [1.82, 2.24) is 0 Å². The first-order valence-electron chi connectivity index (χ1n) is 5.12. The van der Waals surface area contributed by atoms with Crippen LogP contribution < -0.4 is 0 Å². The molecule has 0 unspecified atom stereocenters. The number of carboxylic acid groups (broad SMARTS) is 1. The van der Waals surface area contributed by atoms with E-state index in [1.807, 2.05) is 30.3 Å². The smallest absolute Gasteiger partial charge is 0.348 e. The van der Waals surface area contributed by atoms with E-state index in [-0.39, 0.29) is 19.3 Å². The van der Waals surface area contributed by atoms with E-state index in [1.165, 1.54) is 0 Å². The molecule has 1 aliphatic rings. The fraction of sp³-hybridized carbons (Fsp3) is 0.333. The van der Waals surface area contributed by atoms with Gasteiger partial charge in [-0.1, -0.05) is 30.3 Å². The molecule has 1 N–H and O–H groups in total. The summed E-state index contributed by atoms with van der Waals surface area (Å²) in [5.41, 5.74) is -0.502. The third-order valence-corrected chi connectivity index (χ3v) is 2.76. The van der Waals surface area contributed by atoms with Gasteiger partial charge in [0.25, 0.3) is 0 Å². The van der Waals surface area contributed by atoms with Gasteiger partial charge in [-0.05, 0) is 5.56 Å². The predicted octanol–water partition coefficient (Wildman–Crippen LogP) is 1.39. The summed E-state index contributed by atoms with van der Waals surface area (Å²) in [7, 11) is 0. The zero-order valence-electron chi connectivity index (χ0n) is 8.68. The lowest BCUT2D eigenvalue weighted by Gasteiger charge is -2.22. The first-order chi connectivity index (χ1) is 7.62. The molecule has 1 aromatic carbocycles. The number of ether oxygens (including phenoxy) is 1. The van der Waals surface area contributed by atoms with Gasteiger partial charge in [-0.15, -0.1) is 0 Å². The van der Waals surface area contributed by atoms with Gasteiger partial charge in [0.1, 0.15) is 0 Å². The summed E-state index contributed by atoms with van der Waals surface area (Å²) in [6, 6.07) is 9.19. The Kier molecular flexibility index (Phi) is 2.64. The number of hydrogen-bond acceptors (Lipinski definition) is 3. The first kappa shape index (κ1) is 10.7. The Morgan fingerprint density at radius 3 is 2.56 bits per heavy atom. The van der Waals surface area contributed by atoms with Crippen molar-refractivity contribution in [3.63, 3.8) is 0 Å². The van der Waals surface area contributed by atoms with Crippen LogP contribution in [0.1, 0.15) is 18.4 Å². The monoisotopic (exact) mass is 220 g/mol. The quantitative estimate of drug-likeness (QED) is 0.782. The Hall–Kier alpha value is -1.84. The highest BCUT2D eigenvalue weighted by Crippen LogP contribution is 2.30. The maximum Gasteiger partial charge on any atom is 0.348 e. The van der Waals surface area contributed by atoms with Crippen LogP contribution in [0.4, 0.5) is 0 Å². The summed E-state index contributed by atoms with van der Waals surface area (Å²) in [6.45, 7) is 0. The van der Waals surface area contributed by atoms with Gasteiger partial charge in [0.2, 0.25) is 5.60 Å². The zero-order chi connectivity index (χ0) is 11.6. The van der Waals surface area contributed by atoms with Crippen LogP contribution in [-0.4, -0.2) is 22.6 Å². The van der Waals surface area contributed by atoms with Gasteiger partial charge in [0.15, 0.2) is 0 Å². The van der Waals surface area contributed by atoms with Crippen molar-refractivity contribution in [2.24, 2.45) is 0 Å². The lowest BCUT2D eigenvalue weighted by Crippen LogP contribution is -2.40. The van der Waals surface area contributed by atoms with E-state index in [1.54, 1.807) is 0 Å². The minimum Gasteiger partial charge on any atom is -0.478 e. The zero-order valence-corrected chi connectivity index (χ0v) is 8.68. The van der Waals surface area contributed by atoms with E-state index in [0.29, 0.717) is 0 Å². The first-order valence-corrected chi connectivity index (χ1v) is 5.12. The highest BCUT2D eigenvalue weighted by atomic mass is 16.6. The Labute approximate surface area is 92.8 Å². The number of esters is 1. The van der Waals surface area contributed by atoms with Crippen molar-refractivity contribution in [1.29, 1.82) is 0 Å². The molecule has 0 amide bonds. The number of cyclic esters (lactones) is 1. The average Bonchev–Trinajstić information content (AvgIpc) is 2.63.